The van der Waals surface area contributed by atoms with Crippen molar-refractivity contribution < 1.29 is 4.39 Å². The van der Waals surface area contributed by atoms with Crippen molar-refractivity contribution in [3.05, 3.63) is 53.1 Å². The van der Waals surface area contributed by atoms with Crippen LogP contribution >= 0.6 is 11.6 Å². The number of hydrogen-bond donors (Lipinski definition) is 1. The Bertz CT molecular complexity index is 514. The molecule has 0 amide bonds. The van der Waals surface area contributed by atoms with Crippen LogP contribution in [0.2, 0.25) is 5.02 Å². The van der Waals surface area contributed by atoms with Crippen LogP contribution in [0.1, 0.15) is 5.56 Å². The Morgan fingerprint density at radius 1 is 1.25 bits per heavy atom. The fourth-order valence-electron chi connectivity index (χ4n) is 1.33. The molecule has 1 aromatic heterocycles. The number of hydrogen-bond acceptors (Lipinski definition) is 2. The Hall–Kier alpha value is -1.61. The molecule has 1 aromatic carbocycles. The molecule has 4 heteroatoms. The van der Waals surface area contributed by atoms with Gasteiger partial charge in [0.25, 0.3) is 0 Å². The Kier molecular flexibility index (Phi) is 3.06. The summed E-state index contributed by atoms with van der Waals surface area (Å²) in [5.74, 6) is -0.379. The van der Waals surface area contributed by atoms with E-state index in [0.717, 1.165) is 11.3 Å². The minimum absolute atomic E-state index is 0.379. The van der Waals surface area contributed by atoms with Gasteiger partial charge in [0.1, 0.15) is 5.82 Å². The van der Waals surface area contributed by atoms with Crippen LogP contribution in [0.3, 0.4) is 0 Å². The zero-order chi connectivity index (χ0) is 11.5. The number of benzene rings is 1. The lowest BCUT2D eigenvalue weighted by molar-refractivity contribution is 0.632. The van der Waals surface area contributed by atoms with Gasteiger partial charge in [0.2, 0.25) is 0 Å². The van der Waals surface area contributed by atoms with Crippen LogP contribution in [0.4, 0.5) is 15.8 Å². The van der Waals surface area contributed by atoms with Crippen molar-refractivity contribution in [2.24, 2.45) is 0 Å². The fraction of sp³-hybridized carbons (Fsp3) is 0.0833. The molecule has 2 aromatic rings. The van der Waals surface area contributed by atoms with Gasteiger partial charge in [0.05, 0.1) is 17.6 Å². The standard InChI is InChI=1S/C12H10ClFN2/c1-8-4-5-15-7-12(8)16-11-3-2-9(13)6-10(11)14/h2-7,16H,1H3. The number of pyridine rings is 1. The maximum absolute atomic E-state index is 13.5. The third-order valence-electron chi connectivity index (χ3n) is 2.24. The SMILES string of the molecule is Cc1ccncc1Nc1ccc(Cl)cc1F. The maximum atomic E-state index is 13.5. The van der Waals surface area contributed by atoms with E-state index in [1.54, 1.807) is 24.5 Å². The van der Waals surface area contributed by atoms with Crippen molar-refractivity contribution >= 4 is 23.0 Å². The molecule has 0 radical (unpaired) electrons. The first kappa shape index (κ1) is 10.9. The van der Waals surface area contributed by atoms with Crippen molar-refractivity contribution in [2.75, 3.05) is 5.32 Å². The molecule has 1 N–H and O–H groups in total. The molecule has 0 aliphatic heterocycles. The second kappa shape index (κ2) is 4.49. The predicted molar refractivity (Wildman–Crippen MR) is 63.7 cm³/mol. The van der Waals surface area contributed by atoms with Gasteiger partial charge in [-0.15, -0.1) is 0 Å². The van der Waals surface area contributed by atoms with Gasteiger partial charge >= 0.3 is 0 Å². The molecule has 2 nitrogen and oxygen atoms in total. The summed E-state index contributed by atoms with van der Waals surface area (Å²) >= 11 is 5.67. The highest BCUT2D eigenvalue weighted by Crippen LogP contribution is 2.23. The van der Waals surface area contributed by atoms with Crippen LogP contribution in [0, 0.1) is 12.7 Å². The molecule has 0 spiro atoms. The minimum atomic E-state index is -0.379. The number of aryl methyl sites for hydroxylation is 1. The van der Waals surface area contributed by atoms with Crippen LogP contribution in [0.5, 0.6) is 0 Å². The summed E-state index contributed by atoms with van der Waals surface area (Å²) in [7, 11) is 0. The van der Waals surface area contributed by atoms with E-state index < -0.39 is 0 Å². The van der Waals surface area contributed by atoms with Gasteiger partial charge in [-0.25, -0.2) is 4.39 Å². The highest BCUT2D eigenvalue weighted by atomic mass is 35.5. The molecule has 1 heterocycles. The predicted octanol–water partition coefficient (Wildman–Crippen LogP) is 3.93. The lowest BCUT2D eigenvalue weighted by Gasteiger charge is -2.09. The van der Waals surface area contributed by atoms with Gasteiger partial charge in [-0.2, -0.15) is 0 Å². The highest BCUT2D eigenvalue weighted by molar-refractivity contribution is 6.30. The second-order valence-electron chi connectivity index (χ2n) is 3.44. The number of rotatable bonds is 2. The first-order chi connectivity index (χ1) is 7.66. The normalized spacial score (nSPS) is 10.2. The quantitative estimate of drug-likeness (QED) is 0.855. The largest absolute Gasteiger partial charge is 0.352 e. The smallest absolute Gasteiger partial charge is 0.148 e. The summed E-state index contributed by atoms with van der Waals surface area (Å²) in [6.07, 6.45) is 3.35. The summed E-state index contributed by atoms with van der Waals surface area (Å²) in [5, 5.41) is 3.35. The molecule has 0 atom stereocenters. The van der Waals surface area contributed by atoms with E-state index in [0.29, 0.717) is 10.7 Å². The highest BCUT2D eigenvalue weighted by Gasteiger charge is 2.04. The third-order valence-corrected chi connectivity index (χ3v) is 2.47. The monoisotopic (exact) mass is 236 g/mol. The minimum Gasteiger partial charge on any atom is -0.352 e. The average Bonchev–Trinajstić information content (AvgIpc) is 2.25. The molecule has 16 heavy (non-hydrogen) atoms. The summed E-state index contributed by atoms with van der Waals surface area (Å²) in [4.78, 5) is 3.98. The van der Waals surface area contributed by atoms with Crippen molar-refractivity contribution in [1.82, 2.24) is 4.98 Å². The van der Waals surface area contributed by atoms with Crippen LogP contribution in [-0.4, -0.2) is 4.98 Å². The van der Waals surface area contributed by atoms with Crippen molar-refractivity contribution in [1.29, 1.82) is 0 Å². The van der Waals surface area contributed by atoms with E-state index >= 15 is 0 Å². The zero-order valence-electron chi connectivity index (χ0n) is 8.67. The maximum Gasteiger partial charge on any atom is 0.148 e. The van der Waals surface area contributed by atoms with E-state index in [1.165, 1.54) is 6.07 Å². The van der Waals surface area contributed by atoms with Gasteiger partial charge in [-0.3, -0.25) is 4.98 Å². The van der Waals surface area contributed by atoms with E-state index in [1.807, 2.05) is 13.0 Å². The van der Waals surface area contributed by atoms with Crippen LogP contribution in [0.25, 0.3) is 0 Å². The molecule has 0 saturated heterocycles. The van der Waals surface area contributed by atoms with Crippen LogP contribution < -0.4 is 5.32 Å². The molecule has 82 valence electrons. The lowest BCUT2D eigenvalue weighted by Crippen LogP contribution is -1.96. The average molecular weight is 237 g/mol. The van der Waals surface area contributed by atoms with E-state index in [9.17, 15) is 4.39 Å². The molecule has 0 fully saturated rings. The molecule has 0 aliphatic carbocycles. The van der Waals surface area contributed by atoms with Gasteiger partial charge < -0.3 is 5.32 Å². The van der Waals surface area contributed by atoms with Crippen LogP contribution in [0.15, 0.2) is 36.7 Å². The molecule has 0 aliphatic rings. The fourth-order valence-corrected chi connectivity index (χ4v) is 1.49. The first-order valence-electron chi connectivity index (χ1n) is 4.79. The molecule has 0 saturated carbocycles. The van der Waals surface area contributed by atoms with E-state index in [4.69, 9.17) is 11.6 Å². The van der Waals surface area contributed by atoms with Crippen LogP contribution in [-0.2, 0) is 0 Å². The van der Waals surface area contributed by atoms with Gasteiger partial charge in [-0.1, -0.05) is 11.6 Å². The summed E-state index contributed by atoms with van der Waals surface area (Å²) in [5.41, 5.74) is 2.17. The van der Waals surface area contributed by atoms with Gasteiger partial charge in [0, 0.05) is 11.2 Å². The molecular weight excluding hydrogens is 227 g/mol. The number of nitrogens with one attached hydrogen (secondary N) is 1. The number of halogens is 2. The first-order valence-corrected chi connectivity index (χ1v) is 5.17. The third kappa shape index (κ3) is 2.31. The Balaban J connectivity index is 2.31. The summed E-state index contributed by atoms with van der Waals surface area (Å²) < 4.78 is 13.5. The Labute approximate surface area is 98.1 Å². The topological polar surface area (TPSA) is 24.9 Å². The number of anilines is 2. The lowest BCUT2D eigenvalue weighted by atomic mass is 10.2. The molecular formula is C12H10ClFN2. The molecule has 0 unspecified atom stereocenters. The Morgan fingerprint density at radius 2 is 2.06 bits per heavy atom. The molecule has 0 bridgehead atoms. The number of aromatic nitrogens is 1. The van der Waals surface area contributed by atoms with E-state index in [-0.39, 0.29) is 5.82 Å². The summed E-state index contributed by atoms with van der Waals surface area (Å²) in [6, 6.07) is 6.37. The Morgan fingerprint density at radius 3 is 2.75 bits per heavy atom. The van der Waals surface area contributed by atoms with Gasteiger partial charge in [0.15, 0.2) is 0 Å². The second-order valence-corrected chi connectivity index (χ2v) is 3.88. The van der Waals surface area contributed by atoms with E-state index in [2.05, 4.69) is 10.3 Å². The van der Waals surface area contributed by atoms with Crippen molar-refractivity contribution in [2.45, 2.75) is 6.92 Å². The number of nitrogens with zero attached hydrogens (tertiary/aromatic N) is 1. The van der Waals surface area contributed by atoms with Gasteiger partial charge in [-0.05, 0) is 36.8 Å². The molecule has 2 rings (SSSR count). The van der Waals surface area contributed by atoms with Crippen molar-refractivity contribution in [3.8, 4) is 0 Å². The van der Waals surface area contributed by atoms with Crippen molar-refractivity contribution in [3.63, 3.8) is 0 Å². The summed E-state index contributed by atoms with van der Waals surface area (Å²) in [6.45, 7) is 1.93. The zero-order valence-corrected chi connectivity index (χ0v) is 9.42.